The van der Waals surface area contributed by atoms with Crippen molar-refractivity contribution in [2.24, 2.45) is 0 Å². The highest BCUT2D eigenvalue weighted by Crippen LogP contribution is 2.21. The number of hydrogen-bond acceptors (Lipinski definition) is 6. The Hall–Kier alpha value is -1.13. The predicted octanol–water partition coefficient (Wildman–Crippen LogP) is 0.685. The third kappa shape index (κ3) is 6.39. The third-order valence-corrected chi connectivity index (χ3v) is 1.76. The van der Waals surface area contributed by atoms with Crippen LogP contribution in [0.2, 0.25) is 0 Å². The van der Waals surface area contributed by atoms with Crippen molar-refractivity contribution >= 4 is 20.7 Å². The van der Waals surface area contributed by atoms with Gasteiger partial charge in [0, 0.05) is 5.57 Å². The first-order valence-electron chi connectivity index (χ1n) is 3.67. The summed E-state index contributed by atoms with van der Waals surface area (Å²) in [6.45, 7) is 4.73. The van der Waals surface area contributed by atoms with Crippen molar-refractivity contribution in [1.29, 1.82) is 0 Å². The Morgan fingerprint density at radius 1 is 1.50 bits per heavy atom. The third-order valence-electron chi connectivity index (χ3n) is 1.03. The van der Waals surface area contributed by atoms with E-state index in [2.05, 4.69) is 20.4 Å². The molecule has 0 aliphatic carbocycles. The number of hydrogen-bond donors (Lipinski definition) is 0. The molecule has 0 aliphatic rings. The molecule has 0 aromatic rings. The average Bonchev–Trinajstić information content (AvgIpc) is 2.12. The lowest BCUT2D eigenvalue weighted by Gasteiger charge is -2.04. The lowest BCUT2D eigenvalue weighted by atomic mass is 10.4. The lowest BCUT2D eigenvalue weighted by Crippen LogP contribution is -2.09. The molecule has 0 rings (SSSR count). The first-order valence-corrected chi connectivity index (χ1v) is 4.90. The molecule has 0 N–H and O–H groups in total. The molecule has 14 heavy (non-hydrogen) atoms. The van der Waals surface area contributed by atoms with Crippen molar-refractivity contribution in [3.05, 3.63) is 12.2 Å². The van der Waals surface area contributed by atoms with Crippen molar-refractivity contribution in [2.45, 2.75) is 6.92 Å². The van der Waals surface area contributed by atoms with Crippen LogP contribution >= 0.6 is 8.25 Å². The molecular formula is C7H11O6P. The van der Waals surface area contributed by atoms with Crippen molar-refractivity contribution < 1.29 is 27.9 Å². The zero-order chi connectivity index (χ0) is 11.0. The Balaban J connectivity index is 3.47. The molecule has 0 radical (unpaired) electrons. The Kier molecular flexibility index (Phi) is 6.70. The highest BCUT2D eigenvalue weighted by molar-refractivity contribution is 7.33. The smallest absolute Gasteiger partial charge is 0.369 e. The van der Waals surface area contributed by atoms with Gasteiger partial charge in [-0.05, 0) is 6.92 Å². The van der Waals surface area contributed by atoms with Gasteiger partial charge in [-0.25, -0.2) is 9.36 Å². The van der Waals surface area contributed by atoms with Crippen LogP contribution in [-0.4, -0.2) is 25.7 Å². The van der Waals surface area contributed by atoms with Crippen LogP contribution < -0.4 is 0 Å². The van der Waals surface area contributed by atoms with Crippen molar-refractivity contribution in [1.82, 2.24) is 0 Å². The Bertz CT molecular complexity index is 249. The molecule has 0 saturated carbocycles. The van der Waals surface area contributed by atoms with Crippen LogP contribution in [0.4, 0.5) is 0 Å². The van der Waals surface area contributed by atoms with Crippen LogP contribution in [0.15, 0.2) is 12.2 Å². The van der Waals surface area contributed by atoms with Gasteiger partial charge in [-0.2, -0.15) is 0 Å². The molecular weight excluding hydrogens is 211 g/mol. The summed E-state index contributed by atoms with van der Waals surface area (Å²) < 4.78 is 23.7. The molecule has 0 spiro atoms. The fourth-order valence-electron chi connectivity index (χ4n) is 0.456. The van der Waals surface area contributed by atoms with Gasteiger partial charge in [0.1, 0.15) is 6.61 Å². The van der Waals surface area contributed by atoms with Gasteiger partial charge in [0.05, 0.1) is 6.61 Å². The SMILES string of the molecule is C=C(C)C(=O)OCCO[PH](=O)OC=O. The number of rotatable bonds is 7. The topological polar surface area (TPSA) is 78.9 Å². The summed E-state index contributed by atoms with van der Waals surface area (Å²) in [5.41, 5.74) is 0.266. The van der Waals surface area contributed by atoms with Gasteiger partial charge in [0.2, 0.25) is 0 Å². The van der Waals surface area contributed by atoms with Crippen LogP contribution in [0.25, 0.3) is 0 Å². The summed E-state index contributed by atoms with van der Waals surface area (Å²) in [6.07, 6.45) is 0. The highest BCUT2D eigenvalue weighted by Gasteiger charge is 2.03. The maximum Gasteiger partial charge on any atom is 0.369 e. The van der Waals surface area contributed by atoms with Gasteiger partial charge in [0.15, 0.2) is 0 Å². The minimum Gasteiger partial charge on any atom is -0.460 e. The van der Waals surface area contributed by atoms with E-state index in [1.165, 1.54) is 6.92 Å². The minimum atomic E-state index is -2.79. The number of esters is 1. The van der Waals surface area contributed by atoms with Crippen molar-refractivity contribution in [3.63, 3.8) is 0 Å². The molecule has 0 heterocycles. The second-order valence-electron chi connectivity index (χ2n) is 2.23. The molecule has 7 heteroatoms. The highest BCUT2D eigenvalue weighted by atomic mass is 31.1. The van der Waals surface area contributed by atoms with Crippen LogP contribution in [0.1, 0.15) is 6.92 Å². The summed E-state index contributed by atoms with van der Waals surface area (Å²) in [5.74, 6) is -0.551. The monoisotopic (exact) mass is 222 g/mol. The summed E-state index contributed by atoms with van der Waals surface area (Å²) in [4.78, 5) is 20.5. The van der Waals surface area contributed by atoms with E-state index in [1.807, 2.05) is 0 Å². The Morgan fingerprint density at radius 3 is 2.64 bits per heavy atom. The largest absolute Gasteiger partial charge is 0.460 e. The van der Waals surface area contributed by atoms with Gasteiger partial charge in [-0.15, -0.1) is 0 Å². The zero-order valence-electron chi connectivity index (χ0n) is 7.65. The van der Waals surface area contributed by atoms with Crippen LogP contribution in [0.3, 0.4) is 0 Å². The number of carbonyl (C=O) groups is 2. The van der Waals surface area contributed by atoms with Gasteiger partial charge in [-0.1, -0.05) is 6.58 Å². The van der Waals surface area contributed by atoms with Crippen molar-refractivity contribution in [2.75, 3.05) is 13.2 Å². The summed E-state index contributed by atoms with van der Waals surface area (Å²) in [6, 6.07) is 0. The quantitative estimate of drug-likeness (QED) is 0.207. The standard InChI is InChI=1S/C7H11O6P/c1-6(2)7(9)11-3-4-12-14(10)13-5-8/h5,14H,1,3-4H2,2H3. The Morgan fingerprint density at radius 2 is 2.14 bits per heavy atom. The van der Waals surface area contributed by atoms with Gasteiger partial charge in [-0.3, -0.25) is 9.32 Å². The van der Waals surface area contributed by atoms with E-state index < -0.39 is 14.2 Å². The van der Waals surface area contributed by atoms with E-state index in [4.69, 9.17) is 0 Å². The molecule has 0 saturated heterocycles. The number of carbonyl (C=O) groups excluding carboxylic acids is 2. The molecule has 0 aromatic carbocycles. The molecule has 0 fully saturated rings. The fraction of sp³-hybridized carbons (Fsp3) is 0.429. The predicted molar refractivity (Wildman–Crippen MR) is 47.9 cm³/mol. The molecule has 80 valence electrons. The van der Waals surface area contributed by atoms with E-state index in [1.54, 1.807) is 0 Å². The normalized spacial score (nSPS) is 11.5. The molecule has 0 bridgehead atoms. The van der Waals surface area contributed by atoms with Gasteiger partial charge in [0.25, 0.3) is 6.47 Å². The second-order valence-corrected chi connectivity index (χ2v) is 3.25. The van der Waals surface area contributed by atoms with E-state index in [9.17, 15) is 14.2 Å². The van der Waals surface area contributed by atoms with Crippen molar-refractivity contribution in [3.8, 4) is 0 Å². The summed E-state index contributed by atoms with van der Waals surface area (Å²) >= 11 is 0. The average molecular weight is 222 g/mol. The second kappa shape index (κ2) is 7.29. The van der Waals surface area contributed by atoms with E-state index in [0.717, 1.165) is 0 Å². The molecule has 6 nitrogen and oxygen atoms in total. The number of ether oxygens (including phenoxy) is 1. The van der Waals surface area contributed by atoms with Crippen LogP contribution in [0.5, 0.6) is 0 Å². The summed E-state index contributed by atoms with van der Waals surface area (Å²) in [7, 11) is -2.79. The van der Waals surface area contributed by atoms with Gasteiger partial charge >= 0.3 is 14.2 Å². The first kappa shape index (κ1) is 12.9. The maximum atomic E-state index is 10.8. The van der Waals surface area contributed by atoms with E-state index in [-0.39, 0.29) is 25.3 Å². The zero-order valence-corrected chi connectivity index (χ0v) is 8.65. The lowest BCUT2D eigenvalue weighted by molar-refractivity contribution is -0.139. The molecule has 0 aliphatic heterocycles. The van der Waals surface area contributed by atoms with E-state index in [0.29, 0.717) is 0 Å². The first-order chi connectivity index (χ1) is 6.57. The molecule has 1 unspecified atom stereocenters. The van der Waals surface area contributed by atoms with E-state index >= 15 is 0 Å². The molecule has 0 amide bonds. The van der Waals surface area contributed by atoms with Crippen LogP contribution in [0, 0.1) is 0 Å². The molecule has 0 aromatic heterocycles. The van der Waals surface area contributed by atoms with Gasteiger partial charge < -0.3 is 9.26 Å². The summed E-state index contributed by atoms with van der Waals surface area (Å²) in [5, 5.41) is 0. The maximum absolute atomic E-state index is 10.8. The minimum absolute atomic E-state index is 0.0290. The Labute approximate surface area is 81.8 Å². The fourth-order valence-corrected chi connectivity index (χ4v) is 0.852. The van der Waals surface area contributed by atoms with Crippen LogP contribution in [-0.2, 0) is 27.9 Å². The molecule has 1 atom stereocenters.